The highest BCUT2D eigenvalue weighted by Crippen LogP contribution is 2.27. The Hall–Kier alpha value is -0.360. The van der Waals surface area contributed by atoms with Gasteiger partial charge < -0.3 is 15.0 Å². The standard InChI is InChI=1S/C12H14BrClN2OS/c1-12(2)6-17-7-16(12)11(18)15-8-3-4-9(13)10(14)5-8/h3-5H,6-7H2,1-2H3,(H,15,18). The molecule has 18 heavy (non-hydrogen) atoms. The van der Waals surface area contributed by atoms with Gasteiger partial charge in [0.05, 0.1) is 17.2 Å². The van der Waals surface area contributed by atoms with Crippen LogP contribution in [0, 0.1) is 0 Å². The first-order chi connectivity index (χ1) is 8.40. The summed E-state index contributed by atoms with van der Waals surface area (Å²) in [6.45, 7) is 5.39. The van der Waals surface area contributed by atoms with Crippen LogP contribution in [0.2, 0.25) is 5.02 Å². The molecule has 6 heteroatoms. The molecule has 0 radical (unpaired) electrons. The van der Waals surface area contributed by atoms with E-state index in [1.54, 1.807) is 0 Å². The number of halogens is 2. The summed E-state index contributed by atoms with van der Waals surface area (Å²) in [6, 6.07) is 5.65. The Labute approximate surface area is 126 Å². The van der Waals surface area contributed by atoms with Crippen molar-refractivity contribution in [3.05, 3.63) is 27.7 Å². The number of ether oxygens (including phenoxy) is 1. The lowest BCUT2D eigenvalue weighted by molar-refractivity contribution is 0.169. The van der Waals surface area contributed by atoms with Crippen molar-refractivity contribution in [2.24, 2.45) is 0 Å². The molecule has 1 aromatic rings. The number of nitrogens with zero attached hydrogens (tertiary/aromatic N) is 1. The van der Waals surface area contributed by atoms with Gasteiger partial charge in [-0.25, -0.2) is 0 Å². The molecule has 1 saturated heterocycles. The number of rotatable bonds is 1. The third-order valence-electron chi connectivity index (χ3n) is 2.82. The van der Waals surface area contributed by atoms with E-state index in [2.05, 4.69) is 35.1 Å². The monoisotopic (exact) mass is 348 g/mol. The Balaban J connectivity index is 2.09. The normalized spacial score (nSPS) is 17.9. The van der Waals surface area contributed by atoms with Crippen molar-refractivity contribution in [3.63, 3.8) is 0 Å². The molecular formula is C12H14BrClN2OS. The van der Waals surface area contributed by atoms with E-state index in [0.717, 1.165) is 10.2 Å². The van der Waals surface area contributed by atoms with Crippen LogP contribution >= 0.6 is 39.7 Å². The predicted octanol–water partition coefficient (Wildman–Crippen LogP) is 3.87. The van der Waals surface area contributed by atoms with E-state index >= 15 is 0 Å². The molecule has 0 spiro atoms. The van der Waals surface area contributed by atoms with Crippen LogP contribution in [0.1, 0.15) is 13.8 Å². The van der Waals surface area contributed by atoms with Gasteiger partial charge in [0, 0.05) is 10.2 Å². The molecule has 0 saturated carbocycles. The molecule has 1 N–H and O–H groups in total. The minimum absolute atomic E-state index is 0.0801. The molecule has 1 aromatic carbocycles. The summed E-state index contributed by atoms with van der Waals surface area (Å²) in [7, 11) is 0. The average molecular weight is 350 g/mol. The molecule has 1 heterocycles. The maximum atomic E-state index is 6.04. The van der Waals surface area contributed by atoms with Crippen molar-refractivity contribution in [3.8, 4) is 0 Å². The second-order valence-corrected chi connectivity index (χ2v) is 6.43. The van der Waals surface area contributed by atoms with Crippen LogP contribution in [0.3, 0.4) is 0 Å². The quantitative estimate of drug-likeness (QED) is 0.778. The molecule has 0 aromatic heterocycles. The Morgan fingerprint density at radius 3 is 2.83 bits per heavy atom. The summed E-state index contributed by atoms with van der Waals surface area (Å²) in [5.41, 5.74) is 0.791. The number of benzene rings is 1. The molecule has 1 fully saturated rings. The second-order valence-electron chi connectivity index (χ2n) is 4.78. The molecule has 0 unspecified atom stereocenters. The lowest BCUT2D eigenvalue weighted by atomic mass is 10.1. The zero-order valence-corrected chi connectivity index (χ0v) is 13.3. The van der Waals surface area contributed by atoms with Crippen molar-refractivity contribution in [2.45, 2.75) is 19.4 Å². The fourth-order valence-corrected chi connectivity index (χ4v) is 2.58. The van der Waals surface area contributed by atoms with E-state index in [1.165, 1.54) is 0 Å². The van der Waals surface area contributed by atoms with Crippen LogP contribution in [0.5, 0.6) is 0 Å². The molecule has 98 valence electrons. The van der Waals surface area contributed by atoms with E-state index in [4.69, 9.17) is 28.6 Å². The third-order valence-corrected chi connectivity index (χ3v) is 4.38. The number of hydrogen-bond acceptors (Lipinski definition) is 2. The highest BCUT2D eigenvalue weighted by Gasteiger charge is 2.34. The van der Waals surface area contributed by atoms with E-state index in [-0.39, 0.29) is 5.54 Å². The van der Waals surface area contributed by atoms with E-state index in [9.17, 15) is 0 Å². The Morgan fingerprint density at radius 1 is 1.56 bits per heavy atom. The second kappa shape index (κ2) is 5.33. The van der Waals surface area contributed by atoms with Crippen LogP contribution in [0.4, 0.5) is 5.69 Å². The number of anilines is 1. The molecule has 0 amide bonds. The van der Waals surface area contributed by atoms with Crippen molar-refractivity contribution < 1.29 is 4.74 Å². The maximum absolute atomic E-state index is 6.04. The fourth-order valence-electron chi connectivity index (χ4n) is 1.74. The van der Waals surface area contributed by atoms with Crippen molar-refractivity contribution in [1.82, 2.24) is 4.90 Å². The lowest BCUT2D eigenvalue weighted by Gasteiger charge is -2.31. The van der Waals surface area contributed by atoms with Gasteiger partial charge in [-0.3, -0.25) is 0 Å². The van der Waals surface area contributed by atoms with Crippen LogP contribution in [0.25, 0.3) is 0 Å². The van der Waals surface area contributed by atoms with Crippen LogP contribution in [0.15, 0.2) is 22.7 Å². The zero-order chi connectivity index (χ0) is 13.3. The van der Waals surface area contributed by atoms with Gasteiger partial charge in [-0.15, -0.1) is 0 Å². The summed E-state index contributed by atoms with van der Waals surface area (Å²) in [6.07, 6.45) is 0. The molecule has 1 aliphatic rings. The Morgan fingerprint density at radius 2 is 2.28 bits per heavy atom. The van der Waals surface area contributed by atoms with E-state index in [1.807, 2.05) is 23.1 Å². The van der Waals surface area contributed by atoms with E-state index < -0.39 is 0 Å². The lowest BCUT2D eigenvalue weighted by Crippen LogP contribution is -2.46. The van der Waals surface area contributed by atoms with Gasteiger partial charge in [0.2, 0.25) is 0 Å². The number of nitrogens with one attached hydrogen (secondary N) is 1. The molecule has 0 bridgehead atoms. The van der Waals surface area contributed by atoms with E-state index in [0.29, 0.717) is 23.5 Å². The van der Waals surface area contributed by atoms with Crippen LogP contribution in [-0.4, -0.2) is 28.9 Å². The molecule has 0 aliphatic carbocycles. The van der Waals surface area contributed by atoms with Gasteiger partial charge in [-0.05, 0) is 60.2 Å². The highest BCUT2D eigenvalue weighted by atomic mass is 79.9. The summed E-state index contributed by atoms with van der Waals surface area (Å²) in [5, 5.41) is 4.48. The first-order valence-corrected chi connectivity index (χ1v) is 7.09. The minimum Gasteiger partial charge on any atom is -0.359 e. The van der Waals surface area contributed by atoms with Gasteiger partial charge in [0.25, 0.3) is 0 Å². The molecular weight excluding hydrogens is 336 g/mol. The van der Waals surface area contributed by atoms with Crippen molar-refractivity contribution >= 4 is 50.5 Å². The molecule has 1 aliphatic heterocycles. The Bertz CT molecular complexity index is 481. The smallest absolute Gasteiger partial charge is 0.175 e. The largest absolute Gasteiger partial charge is 0.359 e. The summed E-state index contributed by atoms with van der Waals surface area (Å²) >= 11 is 14.8. The topological polar surface area (TPSA) is 24.5 Å². The first-order valence-electron chi connectivity index (χ1n) is 5.51. The summed E-state index contributed by atoms with van der Waals surface area (Å²) < 4.78 is 6.31. The third kappa shape index (κ3) is 2.96. The van der Waals surface area contributed by atoms with Gasteiger partial charge in [-0.2, -0.15) is 0 Å². The van der Waals surface area contributed by atoms with Gasteiger partial charge in [-0.1, -0.05) is 11.6 Å². The van der Waals surface area contributed by atoms with Crippen molar-refractivity contribution in [2.75, 3.05) is 18.7 Å². The van der Waals surface area contributed by atoms with Gasteiger partial charge in [0.15, 0.2) is 5.11 Å². The average Bonchev–Trinajstić information content (AvgIpc) is 2.63. The molecule has 2 rings (SSSR count). The fraction of sp³-hybridized carbons (Fsp3) is 0.417. The zero-order valence-electron chi connectivity index (χ0n) is 10.2. The van der Waals surface area contributed by atoms with Crippen LogP contribution < -0.4 is 5.32 Å². The Kier molecular flexibility index (Phi) is 4.16. The minimum atomic E-state index is -0.0801. The van der Waals surface area contributed by atoms with Crippen molar-refractivity contribution in [1.29, 1.82) is 0 Å². The first kappa shape index (κ1) is 14.1. The summed E-state index contributed by atoms with van der Waals surface area (Å²) in [4.78, 5) is 2.03. The number of hydrogen-bond donors (Lipinski definition) is 1. The predicted molar refractivity (Wildman–Crippen MR) is 82.1 cm³/mol. The summed E-state index contributed by atoms with van der Waals surface area (Å²) in [5.74, 6) is 0. The maximum Gasteiger partial charge on any atom is 0.175 e. The SMILES string of the molecule is CC1(C)COCN1C(=S)Nc1ccc(Br)c(Cl)c1. The number of thiocarbonyl (C=S) groups is 1. The van der Waals surface area contributed by atoms with Gasteiger partial charge in [0.1, 0.15) is 6.73 Å². The van der Waals surface area contributed by atoms with Gasteiger partial charge >= 0.3 is 0 Å². The highest BCUT2D eigenvalue weighted by molar-refractivity contribution is 9.10. The van der Waals surface area contributed by atoms with Crippen LogP contribution in [-0.2, 0) is 4.74 Å². The molecule has 0 atom stereocenters. The molecule has 3 nitrogen and oxygen atoms in total.